The number of azide groups is 1. The molecule has 2 heterocycles. The topological polar surface area (TPSA) is 221 Å². The van der Waals surface area contributed by atoms with Gasteiger partial charge in [-0.15, -0.1) is 0 Å². The molecule has 0 radical (unpaired) electrons. The number of nitrogens with one attached hydrogen (secondary N) is 1. The zero-order chi connectivity index (χ0) is 42.4. The van der Waals surface area contributed by atoms with Crippen LogP contribution < -0.4 is 11.2 Å². The van der Waals surface area contributed by atoms with Gasteiger partial charge in [-0.3, -0.25) is 33.0 Å². The summed E-state index contributed by atoms with van der Waals surface area (Å²) >= 11 is 0. The molecule has 1 saturated heterocycles. The number of aromatic nitrogens is 2. The van der Waals surface area contributed by atoms with Crippen molar-refractivity contribution >= 4 is 19.8 Å². The summed E-state index contributed by atoms with van der Waals surface area (Å²) in [6, 6.07) is -0.877. The second-order valence-corrected chi connectivity index (χ2v) is 17.0. The number of carbonyl (C=O) groups excluding carboxylic acids is 2. The molecule has 0 spiro atoms. The minimum Gasteiger partial charge on any atom is -0.462 e. The molecular weight excluding hydrogens is 769 g/mol. The number of carbonyl (C=O) groups is 2. The maximum absolute atomic E-state index is 13.0. The first-order valence-electron chi connectivity index (χ1n) is 22.0. The Bertz CT molecular complexity index is 1520. The van der Waals surface area contributed by atoms with Crippen LogP contribution in [-0.2, 0) is 37.4 Å². The molecule has 1 aromatic heterocycles. The average molecular weight is 842 g/mol. The number of unbranched alkanes of at least 4 members (excludes halogenated alkanes) is 20. The molecule has 0 amide bonds. The molecular formula is C41H72N5O11P. The van der Waals surface area contributed by atoms with E-state index in [1.165, 1.54) is 103 Å². The minimum atomic E-state index is -4.80. The van der Waals surface area contributed by atoms with Crippen LogP contribution in [-0.4, -0.2) is 64.5 Å². The van der Waals surface area contributed by atoms with Crippen LogP contribution in [0.4, 0.5) is 0 Å². The Morgan fingerprint density at radius 1 is 0.845 bits per heavy atom. The average Bonchev–Trinajstić information content (AvgIpc) is 3.60. The van der Waals surface area contributed by atoms with Gasteiger partial charge in [-0.25, -0.2) is 9.36 Å². The van der Waals surface area contributed by atoms with Gasteiger partial charge in [0.2, 0.25) is 0 Å². The summed E-state index contributed by atoms with van der Waals surface area (Å²) in [5, 5.41) is 3.68. The zero-order valence-electron chi connectivity index (χ0n) is 35.5. The summed E-state index contributed by atoms with van der Waals surface area (Å²) in [6.45, 7) is 4.43. The fourth-order valence-corrected chi connectivity index (χ4v) is 7.66. The normalized spacial score (nSPS) is 18.0. The number of esters is 2. The van der Waals surface area contributed by atoms with E-state index >= 15 is 0 Å². The predicted octanol–water partition coefficient (Wildman–Crippen LogP) is 9.80. The number of ether oxygens (including phenoxy) is 3. The Hall–Kier alpha value is -3.00. The lowest BCUT2D eigenvalue weighted by molar-refractivity contribution is -0.161. The Kier molecular flexibility index (Phi) is 27.3. The summed E-state index contributed by atoms with van der Waals surface area (Å²) in [6.07, 6.45) is 23.6. The van der Waals surface area contributed by atoms with Crippen molar-refractivity contribution in [1.82, 2.24) is 9.55 Å². The van der Waals surface area contributed by atoms with Gasteiger partial charge in [0.05, 0.1) is 25.4 Å². The van der Waals surface area contributed by atoms with Gasteiger partial charge < -0.3 is 19.1 Å². The first kappa shape index (κ1) is 51.1. The molecule has 58 heavy (non-hydrogen) atoms. The van der Waals surface area contributed by atoms with Crippen LogP contribution in [0, 0.1) is 6.92 Å². The molecule has 332 valence electrons. The molecule has 1 fully saturated rings. The standard InChI is InChI=1S/C41H72N5O11P/c1-4-6-8-10-12-14-16-18-20-22-24-26-38(47)53-30-34(56-39(48)27-25-23-21-19-17-15-13-11-9-7-5-2)31-54-58(51,52)55-32-36-35(44-45-42)28-37(57-36)46-29-33(3)40(49)43-41(46)50/h29,34-37H,4-28,30-32H2,1-3H3,(H,51,52)(H,43,49,50)/t34-,35+,36-,37-/m1/s1. The third-order valence-corrected chi connectivity index (χ3v) is 11.3. The highest BCUT2D eigenvalue weighted by Crippen LogP contribution is 2.45. The number of nitrogens with zero attached hydrogens (tertiary/aromatic N) is 4. The van der Waals surface area contributed by atoms with Gasteiger partial charge in [-0.1, -0.05) is 147 Å². The lowest BCUT2D eigenvalue weighted by atomic mass is 10.1. The van der Waals surface area contributed by atoms with Crippen LogP contribution in [0.25, 0.3) is 10.4 Å². The van der Waals surface area contributed by atoms with Gasteiger partial charge in [0.15, 0.2) is 6.10 Å². The second kappa shape index (κ2) is 31.0. The van der Waals surface area contributed by atoms with Gasteiger partial charge in [0.1, 0.15) is 12.8 Å². The molecule has 1 aromatic rings. The van der Waals surface area contributed by atoms with Crippen LogP contribution in [0.1, 0.15) is 186 Å². The molecule has 0 aromatic carbocycles. The lowest BCUT2D eigenvalue weighted by Gasteiger charge is -2.21. The van der Waals surface area contributed by atoms with Crippen LogP contribution in [0.5, 0.6) is 0 Å². The van der Waals surface area contributed by atoms with Crippen molar-refractivity contribution in [2.75, 3.05) is 19.8 Å². The van der Waals surface area contributed by atoms with E-state index in [0.717, 1.165) is 43.1 Å². The smallest absolute Gasteiger partial charge is 0.462 e. The molecule has 1 aliphatic heterocycles. The summed E-state index contributed by atoms with van der Waals surface area (Å²) in [4.78, 5) is 65.1. The van der Waals surface area contributed by atoms with E-state index in [1.54, 1.807) is 0 Å². The predicted molar refractivity (Wildman–Crippen MR) is 222 cm³/mol. The van der Waals surface area contributed by atoms with Crippen molar-refractivity contribution in [3.63, 3.8) is 0 Å². The third-order valence-electron chi connectivity index (χ3n) is 10.4. The van der Waals surface area contributed by atoms with E-state index in [4.69, 9.17) is 28.8 Å². The van der Waals surface area contributed by atoms with Crippen LogP contribution in [0.3, 0.4) is 0 Å². The Labute approximate surface area is 344 Å². The quantitative estimate of drug-likeness (QED) is 0.0163. The first-order chi connectivity index (χ1) is 28.0. The number of aromatic amines is 1. The summed E-state index contributed by atoms with van der Waals surface area (Å²) in [7, 11) is -4.80. The van der Waals surface area contributed by atoms with E-state index in [2.05, 4.69) is 28.9 Å². The maximum atomic E-state index is 13.0. The van der Waals surface area contributed by atoms with Gasteiger partial charge >= 0.3 is 25.5 Å². The Morgan fingerprint density at radius 2 is 1.34 bits per heavy atom. The number of hydrogen-bond acceptors (Lipinski definition) is 11. The number of aryl methyl sites for hydroxylation is 1. The van der Waals surface area contributed by atoms with Crippen molar-refractivity contribution in [2.24, 2.45) is 5.11 Å². The minimum absolute atomic E-state index is 0.0295. The van der Waals surface area contributed by atoms with Crippen LogP contribution in [0.15, 0.2) is 20.9 Å². The number of phosphoric ester groups is 1. The zero-order valence-corrected chi connectivity index (χ0v) is 36.3. The number of phosphoric acid groups is 1. The van der Waals surface area contributed by atoms with Gasteiger partial charge in [0, 0.05) is 35.9 Å². The molecule has 2 N–H and O–H groups in total. The van der Waals surface area contributed by atoms with Gasteiger partial charge in [-0.05, 0) is 25.3 Å². The highest BCUT2D eigenvalue weighted by atomic mass is 31.2. The van der Waals surface area contributed by atoms with Crippen molar-refractivity contribution in [3.8, 4) is 0 Å². The largest absolute Gasteiger partial charge is 0.472 e. The monoisotopic (exact) mass is 841 g/mol. The van der Waals surface area contributed by atoms with E-state index in [-0.39, 0.29) is 31.4 Å². The first-order valence-corrected chi connectivity index (χ1v) is 23.5. The fourth-order valence-electron chi connectivity index (χ4n) is 6.89. The third kappa shape index (κ3) is 23.0. The van der Waals surface area contributed by atoms with Crippen molar-refractivity contribution in [2.45, 2.75) is 206 Å². The Morgan fingerprint density at radius 3 is 1.86 bits per heavy atom. The molecule has 2 rings (SSSR count). The fraction of sp³-hybridized carbons (Fsp3) is 0.854. The second-order valence-electron chi connectivity index (χ2n) is 15.5. The Balaban J connectivity index is 1.86. The molecule has 5 atom stereocenters. The van der Waals surface area contributed by atoms with Crippen molar-refractivity contribution in [3.05, 3.63) is 43.0 Å². The van der Waals surface area contributed by atoms with Gasteiger partial charge in [0.25, 0.3) is 5.56 Å². The maximum Gasteiger partial charge on any atom is 0.472 e. The van der Waals surface area contributed by atoms with E-state index in [0.29, 0.717) is 12.8 Å². The summed E-state index contributed by atoms with van der Waals surface area (Å²) in [5.41, 5.74) is 8.05. The lowest BCUT2D eigenvalue weighted by Crippen LogP contribution is -2.33. The molecule has 1 aliphatic rings. The molecule has 0 saturated carbocycles. The highest BCUT2D eigenvalue weighted by molar-refractivity contribution is 7.47. The molecule has 1 unspecified atom stereocenters. The number of H-pyrrole nitrogens is 1. The SMILES string of the molecule is CCCCCCCCCCCCCC(=O)OC[C@H](COP(=O)(O)OC[C@H]1O[C@@H](n2cc(C)c(=O)[nH]c2=O)C[C@@H]1N=[N+]=[N-])OC(=O)CCCCCCCCCCCCC. The van der Waals surface area contributed by atoms with Crippen LogP contribution in [0.2, 0.25) is 0 Å². The number of hydrogen-bond donors (Lipinski definition) is 2. The van der Waals surface area contributed by atoms with Crippen molar-refractivity contribution in [1.29, 1.82) is 0 Å². The molecule has 16 nitrogen and oxygen atoms in total. The number of rotatable bonds is 35. The van der Waals surface area contributed by atoms with Crippen LogP contribution >= 0.6 is 7.82 Å². The summed E-state index contributed by atoms with van der Waals surface area (Å²) < 4.78 is 41.3. The van der Waals surface area contributed by atoms with Crippen molar-refractivity contribution < 1.29 is 42.3 Å². The van der Waals surface area contributed by atoms with Gasteiger partial charge in [-0.2, -0.15) is 0 Å². The van der Waals surface area contributed by atoms with E-state index in [9.17, 15) is 28.6 Å². The summed E-state index contributed by atoms with van der Waals surface area (Å²) in [5.74, 6) is -0.991. The molecule has 0 aliphatic carbocycles. The highest BCUT2D eigenvalue weighted by Gasteiger charge is 2.38. The van der Waals surface area contributed by atoms with E-state index in [1.807, 2.05) is 0 Å². The molecule has 0 bridgehead atoms. The molecule has 17 heteroatoms. The van der Waals surface area contributed by atoms with E-state index < -0.39 is 68.7 Å².